The fourth-order valence-corrected chi connectivity index (χ4v) is 4.07. The average Bonchev–Trinajstić information content (AvgIpc) is 3.11. The van der Waals surface area contributed by atoms with Crippen LogP contribution in [0.15, 0.2) is 66.7 Å². The van der Waals surface area contributed by atoms with Crippen molar-refractivity contribution in [1.29, 1.82) is 0 Å². The Morgan fingerprint density at radius 2 is 1.61 bits per heavy atom. The number of amides is 1. The lowest BCUT2D eigenvalue weighted by Gasteiger charge is -2.19. The van der Waals surface area contributed by atoms with Gasteiger partial charge in [-0.15, -0.1) is 0 Å². The third-order valence-corrected chi connectivity index (χ3v) is 5.78. The summed E-state index contributed by atoms with van der Waals surface area (Å²) in [7, 11) is 0. The number of rotatable bonds is 6. The van der Waals surface area contributed by atoms with Crippen LogP contribution in [0.25, 0.3) is 11.1 Å². The number of alkyl carbamates (subject to hydrolysis) is 1. The van der Waals surface area contributed by atoms with Crippen LogP contribution in [0, 0.1) is 0 Å². The van der Waals surface area contributed by atoms with Crippen molar-refractivity contribution in [1.82, 2.24) is 5.32 Å². The summed E-state index contributed by atoms with van der Waals surface area (Å²) >= 11 is 5.83. The van der Waals surface area contributed by atoms with E-state index in [9.17, 15) is 20.1 Å². The number of aromatic hydroxyl groups is 1. The minimum Gasteiger partial charge on any atom is -0.506 e. The number of hydrogen-bond donors (Lipinski definition) is 4. The van der Waals surface area contributed by atoms with E-state index < -0.39 is 18.3 Å². The number of phenolic OH excluding ortho intramolecular Hbond substituents is 1. The predicted molar refractivity (Wildman–Crippen MR) is 117 cm³/mol. The maximum absolute atomic E-state index is 12.2. The first-order chi connectivity index (χ1) is 15.0. The van der Waals surface area contributed by atoms with E-state index in [1.165, 1.54) is 18.2 Å². The minimum absolute atomic E-state index is 0.0622. The average molecular weight is 440 g/mol. The van der Waals surface area contributed by atoms with E-state index in [0.29, 0.717) is 5.56 Å². The highest BCUT2D eigenvalue weighted by atomic mass is 35.5. The van der Waals surface area contributed by atoms with E-state index in [0.717, 1.165) is 22.3 Å². The Hall–Kier alpha value is -3.06. The van der Waals surface area contributed by atoms with E-state index in [4.69, 9.17) is 16.3 Å². The van der Waals surface area contributed by atoms with Crippen molar-refractivity contribution in [2.45, 2.75) is 18.1 Å². The van der Waals surface area contributed by atoms with Crippen molar-refractivity contribution in [3.05, 3.63) is 88.4 Å². The molecule has 0 aromatic heterocycles. The summed E-state index contributed by atoms with van der Waals surface area (Å²) in [5.41, 5.74) is 4.81. The number of aliphatic hydroxyl groups excluding tert-OH is 2. The maximum Gasteiger partial charge on any atom is 0.407 e. The van der Waals surface area contributed by atoms with Gasteiger partial charge in [0.05, 0.1) is 5.02 Å². The Morgan fingerprint density at radius 3 is 2.23 bits per heavy atom. The zero-order chi connectivity index (χ0) is 22.0. The molecule has 3 aromatic rings. The van der Waals surface area contributed by atoms with E-state index in [1.807, 2.05) is 36.4 Å². The van der Waals surface area contributed by atoms with Gasteiger partial charge in [0.15, 0.2) is 0 Å². The van der Waals surface area contributed by atoms with Gasteiger partial charge in [-0.3, -0.25) is 0 Å². The molecule has 31 heavy (non-hydrogen) atoms. The smallest absolute Gasteiger partial charge is 0.407 e. The normalized spacial score (nSPS) is 14.4. The molecular formula is C24H22ClNO5. The molecule has 1 aliphatic carbocycles. The highest BCUT2D eigenvalue weighted by molar-refractivity contribution is 6.32. The van der Waals surface area contributed by atoms with Crippen molar-refractivity contribution < 1.29 is 24.9 Å². The highest BCUT2D eigenvalue weighted by Gasteiger charge is 2.29. The standard InChI is InChI=1S/C24H22ClNO5/c25-20-11-14(9-10-21(20)27)23(29)22(28)12-26-24(30)31-13-19-17-7-3-1-5-15(17)16-6-2-4-8-18(16)19/h1-11,19,22-23,27-29H,12-13H2,(H,26,30). The molecule has 1 amide bonds. The highest BCUT2D eigenvalue weighted by Crippen LogP contribution is 2.44. The van der Waals surface area contributed by atoms with E-state index >= 15 is 0 Å². The number of halogens is 1. The van der Waals surface area contributed by atoms with Crippen molar-refractivity contribution in [2.75, 3.05) is 13.2 Å². The second-order valence-corrected chi connectivity index (χ2v) is 7.84. The molecule has 2 unspecified atom stereocenters. The summed E-state index contributed by atoms with van der Waals surface area (Å²) in [4.78, 5) is 12.2. The van der Waals surface area contributed by atoms with Crippen LogP contribution in [0.2, 0.25) is 5.02 Å². The number of carbonyl (C=O) groups is 1. The first-order valence-electron chi connectivity index (χ1n) is 9.89. The van der Waals surface area contributed by atoms with Crippen LogP contribution < -0.4 is 5.32 Å². The second kappa shape index (κ2) is 8.98. The number of benzene rings is 3. The number of carbonyl (C=O) groups excluding carboxylic acids is 1. The number of fused-ring (bicyclic) bond motifs is 3. The molecule has 0 spiro atoms. The van der Waals surface area contributed by atoms with Crippen LogP contribution in [0.5, 0.6) is 5.75 Å². The summed E-state index contributed by atoms with van der Waals surface area (Å²) in [6, 6.07) is 20.2. The lowest BCUT2D eigenvalue weighted by molar-refractivity contribution is 0.0185. The van der Waals surface area contributed by atoms with Crippen LogP contribution in [0.4, 0.5) is 4.79 Å². The Morgan fingerprint density at radius 1 is 1.00 bits per heavy atom. The van der Waals surface area contributed by atoms with Gasteiger partial charge < -0.3 is 25.4 Å². The Kier molecular flexibility index (Phi) is 6.13. The van der Waals surface area contributed by atoms with Crippen molar-refractivity contribution >= 4 is 17.7 Å². The monoisotopic (exact) mass is 439 g/mol. The Balaban J connectivity index is 1.34. The summed E-state index contributed by atoms with van der Waals surface area (Å²) < 4.78 is 5.41. The zero-order valence-electron chi connectivity index (χ0n) is 16.5. The van der Waals surface area contributed by atoms with Gasteiger partial charge in [-0.05, 0) is 39.9 Å². The molecule has 0 radical (unpaired) electrons. The SMILES string of the molecule is O=C(NCC(O)C(O)c1ccc(O)c(Cl)c1)OCC1c2ccccc2-c2ccccc21. The van der Waals surface area contributed by atoms with Crippen LogP contribution in [-0.4, -0.2) is 40.7 Å². The second-order valence-electron chi connectivity index (χ2n) is 7.43. The molecule has 0 aliphatic heterocycles. The van der Waals surface area contributed by atoms with Gasteiger partial charge in [-0.1, -0.05) is 66.2 Å². The molecule has 0 heterocycles. The number of hydrogen-bond acceptors (Lipinski definition) is 5. The molecule has 160 valence electrons. The summed E-state index contributed by atoms with van der Waals surface area (Å²) in [5.74, 6) is -0.184. The molecule has 3 aromatic carbocycles. The molecule has 0 saturated carbocycles. The first-order valence-corrected chi connectivity index (χ1v) is 10.3. The maximum atomic E-state index is 12.2. The van der Waals surface area contributed by atoms with Gasteiger partial charge in [-0.2, -0.15) is 0 Å². The molecular weight excluding hydrogens is 418 g/mol. The van der Waals surface area contributed by atoms with Gasteiger partial charge in [0, 0.05) is 12.5 Å². The summed E-state index contributed by atoms with van der Waals surface area (Å²) in [5, 5.41) is 32.5. The van der Waals surface area contributed by atoms with E-state index in [2.05, 4.69) is 17.4 Å². The molecule has 6 nitrogen and oxygen atoms in total. The van der Waals surface area contributed by atoms with E-state index in [1.54, 1.807) is 0 Å². The Bertz CT molecular complexity index is 1060. The molecule has 0 bridgehead atoms. The lowest BCUT2D eigenvalue weighted by atomic mass is 9.98. The third kappa shape index (κ3) is 4.37. The van der Waals surface area contributed by atoms with Crippen LogP contribution in [-0.2, 0) is 4.74 Å². The predicted octanol–water partition coefficient (Wildman–Crippen LogP) is 3.98. The molecule has 0 saturated heterocycles. The van der Waals surface area contributed by atoms with Crippen LogP contribution in [0.1, 0.15) is 28.7 Å². The van der Waals surface area contributed by atoms with Crippen molar-refractivity contribution in [3.63, 3.8) is 0 Å². The lowest BCUT2D eigenvalue weighted by Crippen LogP contribution is -2.36. The number of nitrogens with one attached hydrogen (secondary N) is 1. The molecule has 0 fully saturated rings. The minimum atomic E-state index is -1.29. The van der Waals surface area contributed by atoms with Gasteiger partial charge in [0.1, 0.15) is 24.6 Å². The third-order valence-electron chi connectivity index (χ3n) is 5.48. The van der Waals surface area contributed by atoms with E-state index in [-0.39, 0.29) is 29.8 Å². The van der Waals surface area contributed by atoms with Gasteiger partial charge in [0.2, 0.25) is 0 Å². The molecule has 4 N–H and O–H groups in total. The van der Waals surface area contributed by atoms with Crippen molar-refractivity contribution in [2.24, 2.45) is 0 Å². The van der Waals surface area contributed by atoms with Crippen molar-refractivity contribution in [3.8, 4) is 16.9 Å². The summed E-state index contributed by atoms with van der Waals surface area (Å²) in [6.07, 6.45) is -3.25. The number of ether oxygens (including phenoxy) is 1. The molecule has 2 atom stereocenters. The fourth-order valence-electron chi connectivity index (χ4n) is 3.88. The summed E-state index contributed by atoms with van der Waals surface area (Å²) in [6.45, 7) is -0.0532. The number of aliphatic hydroxyl groups is 2. The largest absolute Gasteiger partial charge is 0.506 e. The molecule has 4 rings (SSSR count). The molecule has 1 aliphatic rings. The van der Waals surface area contributed by atoms with Gasteiger partial charge in [-0.25, -0.2) is 4.79 Å². The molecule has 7 heteroatoms. The quantitative estimate of drug-likeness (QED) is 0.465. The Labute approximate surface area is 184 Å². The topological polar surface area (TPSA) is 99.0 Å². The van der Waals surface area contributed by atoms with Gasteiger partial charge in [0.25, 0.3) is 0 Å². The number of phenols is 1. The van der Waals surface area contributed by atoms with Gasteiger partial charge >= 0.3 is 6.09 Å². The van der Waals surface area contributed by atoms with Crippen LogP contribution >= 0.6 is 11.6 Å². The zero-order valence-corrected chi connectivity index (χ0v) is 17.3. The fraction of sp³-hybridized carbons (Fsp3) is 0.208. The van der Waals surface area contributed by atoms with Crippen LogP contribution in [0.3, 0.4) is 0 Å². The first kappa shape index (κ1) is 21.2.